The van der Waals surface area contributed by atoms with Crippen molar-refractivity contribution in [3.05, 3.63) is 34.9 Å². The largest absolute Gasteiger partial charge is 0.385 e. The van der Waals surface area contributed by atoms with Crippen LogP contribution in [0.5, 0.6) is 0 Å². The summed E-state index contributed by atoms with van der Waals surface area (Å²) >= 11 is 5.83. The molecular weight excluding hydrogens is 224 g/mol. The van der Waals surface area contributed by atoms with Crippen LogP contribution in [0.1, 0.15) is 18.0 Å². The number of benzene rings is 1. The van der Waals surface area contributed by atoms with Gasteiger partial charge in [0.1, 0.15) is 0 Å². The highest BCUT2D eigenvalue weighted by molar-refractivity contribution is 6.30. The van der Waals surface area contributed by atoms with Crippen molar-refractivity contribution in [2.75, 3.05) is 20.3 Å². The van der Waals surface area contributed by atoms with Crippen molar-refractivity contribution < 1.29 is 4.74 Å². The fourth-order valence-corrected chi connectivity index (χ4v) is 1.61. The molecule has 0 aliphatic carbocycles. The van der Waals surface area contributed by atoms with Crippen LogP contribution in [0.2, 0.25) is 5.02 Å². The first kappa shape index (κ1) is 13.0. The summed E-state index contributed by atoms with van der Waals surface area (Å²) in [7, 11) is 1.67. The van der Waals surface area contributed by atoms with E-state index in [0.717, 1.165) is 17.0 Å². The predicted octanol–water partition coefficient (Wildman–Crippen LogP) is 2.53. The number of nitriles is 1. The summed E-state index contributed by atoms with van der Waals surface area (Å²) in [4.78, 5) is 0. The van der Waals surface area contributed by atoms with Crippen molar-refractivity contribution in [2.24, 2.45) is 0 Å². The van der Waals surface area contributed by atoms with Crippen LogP contribution >= 0.6 is 11.6 Å². The second kappa shape index (κ2) is 7.24. The number of methoxy groups -OCH3 is 1. The normalized spacial score (nSPS) is 12.1. The molecule has 0 amide bonds. The van der Waals surface area contributed by atoms with Crippen molar-refractivity contribution in [2.45, 2.75) is 12.5 Å². The third-order valence-electron chi connectivity index (χ3n) is 2.31. The van der Waals surface area contributed by atoms with E-state index in [1.54, 1.807) is 7.11 Å². The highest BCUT2D eigenvalue weighted by Gasteiger charge is 2.09. The van der Waals surface area contributed by atoms with Crippen LogP contribution in [0.25, 0.3) is 0 Å². The van der Waals surface area contributed by atoms with Gasteiger partial charge < -0.3 is 4.74 Å². The fraction of sp³-hybridized carbons (Fsp3) is 0.417. The van der Waals surface area contributed by atoms with E-state index in [4.69, 9.17) is 21.6 Å². The Labute approximate surface area is 101 Å². The Morgan fingerprint density at radius 3 is 2.69 bits per heavy atom. The predicted molar refractivity (Wildman–Crippen MR) is 64.3 cm³/mol. The van der Waals surface area contributed by atoms with E-state index in [0.29, 0.717) is 13.2 Å². The van der Waals surface area contributed by atoms with Crippen LogP contribution < -0.4 is 5.32 Å². The maximum atomic E-state index is 8.57. The third-order valence-corrected chi connectivity index (χ3v) is 2.56. The van der Waals surface area contributed by atoms with E-state index in [1.165, 1.54) is 0 Å². The van der Waals surface area contributed by atoms with Gasteiger partial charge in [-0.25, -0.2) is 0 Å². The highest BCUT2D eigenvalue weighted by Crippen LogP contribution is 2.19. The van der Waals surface area contributed by atoms with Gasteiger partial charge in [-0.3, -0.25) is 5.32 Å². The lowest BCUT2D eigenvalue weighted by atomic mass is 10.0. The zero-order valence-electron chi connectivity index (χ0n) is 9.24. The summed E-state index contributed by atoms with van der Waals surface area (Å²) in [6.45, 7) is 0.989. The molecule has 0 bridgehead atoms. The molecule has 0 fully saturated rings. The first-order chi connectivity index (χ1) is 7.77. The van der Waals surface area contributed by atoms with E-state index in [2.05, 4.69) is 11.4 Å². The quantitative estimate of drug-likeness (QED) is 0.775. The second-order valence-electron chi connectivity index (χ2n) is 3.42. The number of nitrogens with one attached hydrogen (secondary N) is 1. The van der Waals surface area contributed by atoms with Gasteiger partial charge in [0.25, 0.3) is 0 Å². The lowest BCUT2D eigenvalue weighted by Gasteiger charge is -2.17. The monoisotopic (exact) mass is 238 g/mol. The Bertz CT molecular complexity index is 345. The average Bonchev–Trinajstić information content (AvgIpc) is 2.31. The molecule has 86 valence electrons. The van der Waals surface area contributed by atoms with Gasteiger partial charge in [-0.2, -0.15) is 5.26 Å². The molecule has 0 unspecified atom stereocenters. The fourth-order valence-electron chi connectivity index (χ4n) is 1.49. The molecule has 0 aliphatic rings. The minimum absolute atomic E-state index is 0.136. The van der Waals surface area contributed by atoms with Gasteiger partial charge in [0, 0.05) is 24.8 Å². The molecule has 0 spiro atoms. The van der Waals surface area contributed by atoms with Crippen molar-refractivity contribution in [1.82, 2.24) is 5.32 Å². The molecule has 1 N–H and O–H groups in total. The van der Waals surface area contributed by atoms with E-state index in [9.17, 15) is 0 Å². The highest BCUT2D eigenvalue weighted by atomic mass is 35.5. The van der Waals surface area contributed by atoms with E-state index in [-0.39, 0.29) is 6.04 Å². The van der Waals surface area contributed by atoms with Crippen LogP contribution in [0.15, 0.2) is 24.3 Å². The second-order valence-corrected chi connectivity index (χ2v) is 3.86. The van der Waals surface area contributed by atoms with Gasteiger partial charge in [0.2, 0.25) is 0 Å². The lowest BCUT2D eigenvalue weighted by Crippen LogP contribution is -2.22. The molecule has 4 heteroatoms. The standard InChI is InChI=1S/C12H15ClN2O/c1-16-9-6-12(15-8-7-14)10-2-4-11(13)5-3-10/h2-5,12,15H,6,8-9H2,1H3/t12-/m0/s1. The van der Waals surface area contributed by atoms with Crippen molar-refractivity contribution in [3.63, 3.8) is 0 Å². The molecule has 16 heavy (non-hydrogen) atoms. The van der Waals surface area contributed by atoms with Crippen LogP contribution in [-0.2, 0) is 4.74 Å². The zero-order valence-corrected chi connectivity index (χ0v) is 10.00. The molecule has 1 aromatic rings. The Balaban J connectivity index is 2.67. The molecule has 0 heterocycles. The molecular formula is C12H15ClN2O. The summed E-state index contributed by atoms with van der Waals surface area (Å²) in [6, 6.07) is 9.85. The van der Waals surface area contributed by atoms with E-state index < -0.39 is 0 Å². The Hall–Kier alpha value is -1.08. The number of hydrogen-bond donors (Lipinski definition) is 1. The number of hydrogen-bond acceptors (Lipinski definition) is 3. The van der Waals surface area contributed by atoms with E-state index in [1.807, 2.05) is 24.3 Å². The van der Waals surface area contributed by atoms with Gasteiger partial charge in [-0.1, -0.05) is 23.7 Å². The van der Waals surface area contributed by atoms with Crippen LogP contribution in [0, 0.1) is 11.3 Å². The van der Waals surface area contributed by atoms with Gasteiger partial charge in [-0.05, 0) is 24.1 Å². The minimum atomic E-state index is 0.136. The summed E-state index contributed by atoms with van der Waals surface area (Å²) in [6.07, 6.45) is 0.833. The van der Waals surface area contributed by atoms with Crippen LogP contribution in [-0.4, -0.2) is 20.3 Å². The number of rotatable bonds is 6. The molecule has 0 saturated heterocycles. The van der Waals surface area contributed by atoms with Crippen LogP contribution in [0.3, 0.4) is 0 Å². The molecule has 1 rings (SSSR count). The third kappa shape index (κ3) is 4.19. The van der Waals surface area contributed by atoms with Crippen LogP contribution in [0.4, 0.5) is 0 Å². The molecule has 3 nitrogen and oxygen atoms in total. The molecule has 0 saturated carbocycles. The first-order valence-corrected chi connectivity index (χ1v) is 5.50. The average molecular weight is 239 g/mol. The molecule has 1 atom stereocenters. The maximum absolute atomic E-state index is 8.57. The molecule has 0 aromatic heterocycles. The van der Waals surface area contributed by atoms with Gasteiger partial charge in [-0.15, -0.1) is 0 Å². The zero-order chi connectivity index (χ0) is 11.8. The Kier molecular flexibility index (Phi) is 5.87. The number of halogens is 1. The lowest BCUT2D eigenvalue weighted by molar-refractivity contribution is 0.183. The van der Waals surface area contributed by atoms with Gasteiger partial charge >= 0.3 is 0 Å². The Morgan fingerprint density at radius 2 is 2.12 bits per heavy atom. The van der Waals surface area contributed by atoms with Gasteiger partial charge in [0.05, 0.1) is 12.6 Å². The number of nitrogens with zero attached hydrogens (tertiary/aromatic N) is 1. The smallest absolute Gasteiger partial charge is 0.0845 e. The summed E-state index contributed by atoms with van der Waals surface area (Å²) < 4.78 is 5.05. The minimum Gasteiger partial charge on any atom is -0.385 e. The van der Waals surface area contributed by atoms with Crippen molar-refractivity contribution >= 4 is 11.6 Å². The maximum Gasteiger partial charge on any atom is 0.0845 e. The topological polar surface area (TPSA) is 45.0 Å². The first-order valence-electron chi connectivity index (χ1n) is 5.12. The van der Waals surface area contributed by atoms with Crippen molar-refractivity contribution in [3.8, 4) is 6.07 Å². The van der Waals surface area contributed by atoms with Gasteiger partial charge in [0.15, 0.2) is 0 Å². The summed E-state index contributed by atoms with van der Waals surface area (Å²) in [5.74, 6) is 0. The number of ether oxygens (including phenoxy) is 1. The van der Waals surface area contributed by atoms with Crippen molar-refractivity contribution in [1.29, 1.82) is 5.26 Å². The molecule has 0 radical (unpaired) electrons. The molecule has 0 aliphatic heterocycles. The summed E-state index contributed by atoms with van der Waals surface area (Å²) in [5, 5.41) is 12.4. The molecule has 1 aromatic carbocycles. The summed E-state index contributed by atoms with van der Waals surface area (Å²) in [5.41, 5.74) is 1.12. The Morgan fingerprint density at radius 1 is 1.44 bits per heavy atom. The van der Waals surface area contributed by atoms with E-state index >= 15 is 0 Å². The SMILES string of the molecule is COCC[C@H](NCC#N)c1ccc(Cl)cc1.